The highest BCUT2D eigenvalue weighted by molar-refractivity contribution is 5.86. The highest BCUT2D eigenvalue weighted by atomic mass is 16.4. The van der Waals surface area contributed by atoms with Crippen LogP contribution < -0.4 is 0 Å². The molecule has 3 N–H and O–H groups in total. The smallest absolute Gasteiger partial charge is 0.175 e. The van der Waals surface area contributed by atoms with Crippen molar-refractivity contribution in [2.75, 3.05) is 6.61 Å². The number of hydrogen-bond acceptors (Lipinski definition) is 4. The molecular weight excluding hydrogens is 196 g/mol. The van der Waals surface area contributed by atoms with E-state index in [1.54, 1.807) is 18.2 Å². The number of Topliss-reactive ketones (excluding diaryl/α,β-unsaturated/α-hetero) is 1. The molecule has 0 aliphatic rings. The molecule has 0 saturated heterocycles. The van der Waals surface area contributed by atoms with Crippen LogP contribution in [-0.2, 0) is 10.4 Å². The van der Waals surface area contributed by atoms with Crippen molar-refractivity contribution < 1.29 is 20.1 Å². The van der Waals surface area contributed by atoms with E-state index in [0.29, 0.717) is 0 Å². The number of aliphatic hydroxyl groups excluding tert-OH is 2. The minimum atomic E-state index is -2.03. The van der Waals surface area contributed by atoms with E-state index >= 15 is 0 Å². The first-order valence-electron chi connectivity index (χ1n) is 4.61. The van der Waals surface area contributed by atoms with Gasteiger partial charge in [0.25, 0.3) is 0 Å². The number of ketones is 1. The zero-order chi connectivity index (χ0) is 11.5. The lowest BCUT2D eigenvalue weighted by Crippen LogP contribution is -2.47. The zero-order valence-corrected chi connectivity index (χ0v) is 8.42. The molecule has 0 aromatic heterocycles. The summed E-state index contributed by atoms with van der Waals surface area (Å²) in [6.45, 7) is 0.497. The van der Waals surface area contributed by atoms with Gasteiger partial charge in [-0.05, 0) is 12.5 Å². The lowest BCUT2D eigenvalue weighted by Gasteiger charge is -2.29. The quantitative estimate of drug-likeness (QED) is 0.644. The number of aliphatic hydroxyl groups is 3. The average Bonchev–Trinajstić information content (AvgIpc) is 2.27. The van der Waals surface area contributed by atoms with Crippen molar-refractivity contribution in [1.82, 2.24) is 0 Å². The van der Waals surface area contributed by atoms with Crippen LogP contribution in [-0.4, -0.2) is 33.8 Å². The fourth-order valence-corrected chi connectivity index (χ4v) is 1.45. The van der Waals surface area contributed by atoms with Gasteiger partial charge < -0.3 is 15.3 Å². The number of carbonyl (C=O) groups excluding carboxylic acids is 1. The predicted molar refractivity (Wildman–Crippen MR) is 54.1 cm³/mol. The van der Waals surface area contributed by atoms with Crippen LogP contribution in [0.5, 0.6) is 0 Å². The third-order valence-electron chi connectivity index (χ3n) is 2.41. The third kappa shape index (κ3) is 2.07. The number of hydrogen-bond donors (Lipinski definition) is 3. The molecule has 0 saturated carbocycles. The molecule has 0 bridgehead atoms. The third-order valence-corrected chi connectivity index (χ3v) is 2.41. The van der Waals surface area contributed by atoms with E-state index in [1.807, 2.05) is 0 Å². The van der Waals surface area contributed by atoms with Crippen LogP contribution in [0.15, 0.2) is 30.3 Å². The van der Waals surface area contributed by atoms with Crippen molar-refractivity contribution in [2.24, 2.45) is 0 Å². The van der Waals surface area contributed by atoms with Crippen molar-refractivity contribution in [3.8, 4) is 0 Å². The minimum absolute atomic E-state index is 0.277. The summed E-state index contributed by atoms with van der Waals surface area (Å²) in [7, 11) is 0. The van der Waals surface area contributed by atoms with Gasteiger partial charge in [-0.1, -0.05) is 30.3 Å². The zero-order valence-electron chi connectivity index (χ0n) is 8.42. The molecule has 0 spiro atoms. The van der Waals surface area contributed by atoms with Gasteiger partial charge in [0.1, 0.15) is 6.10 Å². The number of rotatable bonds is 4. The molecular formula is C11H14O4. The first-order chi connectivity index (χ1) is 7.03. The van der Waals surface area contributed by atoms with Crippen LogP contribution in [0.1, 0.15) is 12.5 Å². The second-order valence-corrected chi connectivity index (χ2v) is 3.39. The largest absolute Gasteiger partial charge is 0.394 e. The Morgan fingerprint density at radius 3 is 2.33 bits per heavy atom. The Morgan fingerprint density at radius 1 is 1.40 bits per heavy atom. The fourth-order valence-electron chi connectivity index (χ4n) is 1.45. The van der Waals surface area contributed by atoms with E-state index < -0.39 is 24.1 Å². The summed E-state index contributed by atoms with van der Waals surface area (Å²) in [5, 5.41) is 28.4. The first kappa shape index (κ1) is 11.8. The summed E-state index contributed by atoms with van der Waals surface area (Å²) in [6, 6.07) is 8.08. The maximum Gasteiger partial charge on any atom is 0.175 e. The molecule has 15 heavy (non-hydrogen) atoms. The summed E-state index contributed by atoms with van der Waals surface area (Å²) in [4.78, 5) is 11.3. The Kier molecular flexibility index (Phi) is 3.57. The topological polar surface area (TPSA) is 77.8 Å². The van der Waals surface area contributed by atoms with Gasteiger partial charge >= 0.3 is 0 Å². The lowest BCUT2D eigenvalue weighted by atomic mass is 9.85. The van der Waals surface area contributed by atoms with Gasteiger partial charge in [-0.3, -0.25) is 4.79 Å². The molecule has 0 amide bonds. The molecule has 0 fully saturated rings. The van der Waals surface area contributed by atoms with Gasteiger partial charge in [-0.25, -0.2) is 0 Å². The van der Waals surface area contributed by atoms with Gasteiger partial charge in [0.15, 0.2) is 11.4 Å². The van der Waals surface area contributed by atoms with Crippen LogP contribution in [0.3, 0.4) is 0 Å². The van der Waals surface area contributed by atoms with Crippen molar-refractivity contribution in [1.29, 1.82) is 0 Å². The maximum atomic E-state index is 11.3. The molecule has 0 aliphatic carbocycles. The van der Waals surface area contributed by atoms with E-state index in [0.717, 1.165) is 0 Å². The highest BCUT2D eigenvalue weighted by Gasteiger charge is 2.41. The Labute approximate surface area is 87.8 Å². The van der Waals surface area contributed by atoms with Crippen LogP contribution in [0, 0.1) is 0 Å². The molecule has 0 aliphatic heterocycles. The van der Waals surface area contributed by atoms with E-state index in [2.05, 4.69) is 0 Å². The maximum absolute atomic E-state index is 11.3. The van der Waals surface area contributed by atoms with Gasteiger partial charge in [-0.2, -0.15) is 0 Å². The lowest BCUT2D eigenvalue weighted by molar-refractivity contribution is -0.154. The Morgan fingerprint density at radius 2 is 1.93 bits per heavy atom. The normalized spacial score (nSPS) is 16.8. The van der Waals surface area contributed by atoms with Crippen molar-refractivity contribution in [3.63, 3.8) is 0 Å². The molecule has 4 nitrogen and oxygen atoms in total. The van der Waals surface area contributed by atoms with Gasteiger partial charge in [0, 0.05) is 0 Å². The average molecular weight is 210 g/mol. The molecule has 4 heteroatoms. The predicted octanol–water partition coefficient (Wildman–Crippen LogP) is -0.184. The number of carbonyl (C=O) groups is 1. The Bertz CT molecular complexity index is 336. The summed E-state index contributed by atoms with van der Waals surface area (Å²) in [5.41, 5.74) is -1.75. The summed E-state index contributed by atoms with van der Waals surface area (Å²) < 4.78 is 0. The first-order valence-corrected chi connectivity index (χ1v) is 4.61. The van der Waals surface area contributed by atoms with Crippen molar-refractivity contribution >= 4 is 5.78 Å². The standard InChI is InChI=1S/C11H14O4/c1-8(13)11(15,10(14)7-12)9-5-3-2-4-6-9/h2-6,10,12,14-15H,7H2,1H3. The van der Waals surface area contributed by atoms with Crippen LogP contribution in [0.2, 0.25) is 0 Å². The summed E-state index contributed by atoms with van der Waals surface area (Å²) >= 11 is 0. The van der Waals surface area contributed by atoms with Crippen molar-refractivity contribution in [2.45, 2.75) is 18.6 Å². The van der Waals surface area contributed by atoms with E-state index in [4.69, 9.17) is 5.11 Å². The molecule has 2 atom stereocenters. The molecule has 0 radical (unpaired) electrons. The second kappa shape index (κ2) is 4.53. The Balaban J connectivity index is 3.19. The van der Waals surface area contributed by atoms with Gasteiger partial charge in [0.05, 0.1) is 6.61 Å². The fraction of sp³-hybridized carbons (Fsp3) is 0.364. The Hall–Kier alpha value is -1.23. The van der Waals surface area contributed by atoms with Crippen LogP contribution in [0.25, 0.3) is 0 Å². The van der Waals surface area contributed by atoms with Crippen molar-refractivity contribution in [3.05, 3.63) is 35.9 Å². The van der Waals surface area contributed by atoms with E-state index in [-0.39, 0.29) is 5.56 Å². The molecule has 0 heterocycles. The second-order valence-electron chi connectivity index (χ2n) is 3.39. The summed E-state index contributed by atoms with van der Waals surface area (Å²) in [5.74, 6) is -0.602. The van der Waals surface area contributed by atoms with E-state index in [1.165, 1.54) is 19.1 Å². The SMILES string of the molecule is CC(=O)C(O)(c1ccccc1)C(O)CO. The molecule has 1 rings (SSSR count). The molecule has 82 valence electrons. The summed E-state index contributed by atoms with van der Waals surface area (Å²) in [6.07, 6.45) is -1.52. The molecule has 1 aromatic rings. The monoisotopic (exact) mass is 210 g/mol. The molecule has 2 unspecified atom stereocenters. The number of benzene rings is 1. The minimum Gasteiger partial charge on any atom is -0.394 e. The van der Waals surface area contributed by atoms with E-state index in [9.17, 15) is 15.0 Å². The van der Waals surface area contributed by atoms with Gasteiger partial charge in [0.2, 0.25) is 0 Å². The molecule has 1 aromatic carbocycles. The van der Waals surface area contributed by atoms with Crippen LogP contribution >= 0.6 is 0 Å². The van der Waals surface area contributed by atoms with Crippen LogP contribution in [0.4, 0.5) is 0 Å². The highest BCUT2D eigenvalue weighted by Crippen LogP contribution is 2.26. The van der Waals surface area contributed by atoms with Gasteiger partial charge in [-0.15, -0.1) is 0 Å².